The van der Waals surface area contributed by atoms with E-state index in [1.165, 1.54) is 6.33 Å². The number of benzene rings is 1. The summed E-state index contributed by atoms with van der Waals surface area (Å²) in [7, 11) is 0. The Morgan fingerprint density at radius 1 is 1.14 bits per heavy atom. The van der Waals surface area contributed by atoms with Gasteiger partial charge in [-0.3, -0.25) is 0 Å². The number of fused-ring (bicyclic) bond motifs is 1. The minimum atomic E-state index is -0.149. The molecule has 3 aromatic rings. The summed E-state index contributed by atoms with van der Waals surface area (Å²) in [6.07, 6.45) is 1.49. The molecule has 1 aromatic carbocycles. The normalized spacial score (nSPS) is 12.0. The summed E-state index contributed by atoms with van der Waals surface area (Å²) >= 11 is 5.96. The quantitative estimate of drug-likeness (QED) is 0.679. The van der Waals surface area contributed by atoms with Crippen LogP contribution in [0.5, 0.6) is 0 Å². The van der Waals surface area contributed by atoms with Gasteiger partial charge in [-0.15, -0.1) is 4.68 Å². The van der Waals surface area contributed by atoms with E-state index in [1.54, 1.807) is 0 Å². The number of halogens is 1. The Balaban J connectivity index is 2.35. The number of nitrogens with two attached hydrogens (primary N) is 1. The van der Waals surface area contributed by atoms with Gasteiger partial charge in [0.15, 0.2) is 0 Å². The van der Waals surface area contributed by atoms with Crippen LogP contribution >= 0.6 is 11.6 Å². The van der Waals surface area contributed by atoms with Crippen LogP contribution in [0.15, 0.2) is 30.6 Å². The number of hydrogen-bond acceptors (Lipinski definition) is 3. The first-order valence-electron chi connectivity index (χ1n) is 6.68. The largest absolute Gasteiger partial charge is 0.383 e. The Kier molecular flexibility index (Phi) is 3.10. The highest BCUT2D eigenvalue weighted by atomic mass is 35.5. The molecule has 0 radical (unpaired) electrons. The summed E-state index contributed by atoms with van der Waals surface area (Å²) in [5.41, 5.74) is 8.61. The van der Waals surface area contributed by atoms with E-state index in [1.807, 2.05) is 28.9 Å². The number of H-pyrrole nitrogens is 1. The van der Waals surface area contributed by atoms with Crippen molar-refractivity contribution in [2.75, 3.05) is 5.73 Å². The predicted molar refractivity (Wildman–Crippen MR) is 83.9 cm³/mol. The van der Waals surface area contributed by atoms with Crippen molar-refractivity contribution in [2.45, 2.75) is 26.3 Å². The molecule has 0 unspecified atom stereocenters. The summed E-state index contributed by atoms with van der Waals surface area (Å²) in [6, 6.07) is 7.61. The summed E-state index contributed by atoms with van der Waals surface area (Å²) in [5.74, 6) is 0.462. The van der Waals surface area contributed by atoms with Gasteiger partial charge in [-0.2, -0.15) is 4.98 Å². The molecular formula is C15H17ClN5+. The van der Waals surface area contributed by atoms with Gasteiger partial charge in [-0.1, -0.05) is 23.7 Å². The standard InChI is InChI=1S/C15H16ClN5/c1-15(2,3)21-14-11(13(17)18-8-19-14)12(20-21)9-4-6-10(16)7-5-9/h4-8H,1-3H3,(H2,17,18,19,20)/p+1. The van der Waals surface area contributed by atoms with Crippen molar-refractivity contribution in [1.29, 1.82) is 0 Å². The van der Waals surface area contributed by atoms with Gasteiger partial charge < -0.3 is 5.73 Å². The van der Waals surface area contributed by atoms with E-state index in [0.717, 1.165) is 22.3 Å². The molecule has 0 spiro atoms. The number of nitrogens with zero attached hydrogens (tertiary/aromatic N) is 3. The van der Waals surface area contributed by atoms with Crippen LogP contribution in [0.25, 0.3) is 22.3 Å². The number of rotatable bonds is 1. The first kappa shape index (κ1) is 13.8. The minimum absolute atomic E-state index is 0.149. The summed E-state index contributed by atoms with van der Waals surface area (Å²) in [4.78, 5) is 8.50. The first-order chi connectivity index (χ1) is 9.88. The summed E-state index contributed by atoms with van der Waals surface area (Å²) in [5, 5.41) is 4.92. The maximum absolute atomic E-state index is 6.07. The predicted octanol–water partition coefficient (Wildman–Crippen LogP) is 2.90. The molecule has 0 bridgehead atoms. The summed E-state index contributed by atoms with van der Waals surface area (Å²) < 4.78 is 2.00. The maximum Gasteiger partial charge on any atom is 0.357 e. The fraction of sp³-hybridized carbons (Fsp3) is 0.267. The van der Waals surface area contributed by atoms with Crippen molar-refractivity contribution in [3.63, 3.8) is 0 Å². The second-order valence-corrected chi connectivity index (χ2v) is 6.39. The Morgan fingerprint density at radius 3 is 2.43 bits per heavy atom. The van der Waals surface area contributed by atoms with Gasteiger partial charge in [0, 0.05) is 10.6 Å². The zero-order chi connectivity index (χ0) is 15.2. The van der Waals surface area contributed by atoms with E-state index in [2.05, 4.69) is 35.8 Å². The number of nitrogen functional groups attached to an aromatic ring is 1. The van der Waals surface area contributed by atoms with E-state index in [4.69, 9.17) is 17.3 Å². The molecule has 0 saturated carbocycles. The smallest absolute Gasteiger partial charge is 0.357 e. The van der Waals surface area contributed by atoms with Gasteiger partial charge in [0.05, 0.1) is 0 Å². The molecule has 21 heavy (non-hydrogen) atoms. The molecule has 5 nitrogen and oxygen atoms in total. The molecule has 0 amide bonds. The van der Waals surface area contributed by atoms with Crippen LogP contribution in [-0.2, 0) is 5.54 Å². The van der Waals surface area contributed by atoms with Crippen LogP contribution in [0.4, 0.5) is 5.82 Å². The van der Waals surface area contributed by atoms with Crippen LogP contribution in [0.3, 0.4) is 0 Å². The number of hydrogen-bond donors (Lipinski definition) is 2. The molecule has 2 aromatic heterocycles. The van der Waals surface area contributed by atoms with Crippen molar-refractivity contribution in [3.05, 3.63) is 35.6 Å². The third kappa shape index (κ3) is 2.34. The Labute approximate surface area is 127 Å². The highest BCUT2D eigenvalue weighted by Gasteiger charge is 2.29. The molecule has 3 rings (SSSR count). The average molecular weight is 303 g/mol. The van der Waals surface area contributed by atoms with Gasteiger partial charge in [0.2, 0.25) is 6.33 Å². The van der Waals surface area contributed by atoms with Gasteiger partial charge in [0.25, 0.3) is 0 Å². The Morgan fingerprint density at radius 2 is 1.81 bits per heavy atom. The molecule has 108 valence electrons. The van der Waals surface area contributed by atoms with Crippen LogP contribution in [0, 0.1) is 0 Å². The Bertz CT molecular complexity index is 799. The van der Waals surface area contributed by atoms with Crippen molar-refractivity contribution in [2.24, 2.45) is 0 Å². The Hall–Kier alpha value is -2.14. The number of nitrogens with one attached hydrogen (secondary N) is 1. The molecule has 0 atom stereocenters. The van der Waals surface area contributed by atoms with Gasteiger partial charge in [-0.05, 0) is 37.9 Å². The van der Waals surface area contributed by atoms with E-state index in [-0.39, 0.29) is 5.54 Å². The number of anilines is 1. The van der Waals surface area contributed by atoms with Gasteiger partial charge in [-0.25, -0.2) is 5.10 Å². The zero-order valence-corrected chi connectivity index (χ0v) is 12.9. The van der Waals surface area contributed by atoms with Gasteiger partial charge in [0.1, 0.15) is 22.4 Å². The molecule has 0 fully saturated rings. The molecule has 2 heterocycles. The second-order valence-electron chi connectivity index (χ2n) is 5.96. The molecule has 0 aliphatic rings. The zero-order valence-electron chi connectivity index (χ0n) is 12.2. The average Bonchev–Trinajstić information content (AvgIpc) is 2.80. The number of aromatic amines is 1. The van der Waals surface area contributed by atoms with Crippen molar-refractivity contribution in [1.82, 2.24) is 15.1 Å². The highest BCUT2D eigenvalue weighted by molar-refractivity contribution is 6.30. The maximum atomic E-state index is 6.07. The lowest BCUT2D eigenvalue weighted by molar-refractivity contribution is -0.781. The summed E-state index contributed by atoms with van der Waals surface area (Å²) in [6.45, 7) is 6.31. The van der Waals surface area contributed by atoms with Crippen LogP contribution in [0.1, 0.15) is 20.8 Å². The lowest BCUT2D eigenvalue weighted by Crippen LogP contribution is -2.52. The lowest BCUT2D eigenvalue weighted by atomic mass is 10.1. The van der Waals surface area contributed by atoms with Gasteiger partial charge >= 0.3 is 5.65 Å². The molecular weight excluding hydrogens is 286 g/mol. The molecule has 3 N–H and O–H groups in total. The van der Waals surface area contributed by atoms with E-state index in [9.17, 15) is 0 Å². The molecule has 0 aliphatic carbocycles. The lowest BCUT2D eigenvalue weighted by Gasteiger charge is -2.13. The van der Waals surface area contributed by atoms with Crippen molar-refractivity contribution >= 4 is 28.5 Å². The first-order valence-corrected chi connectivity index (χ1v) is 7.06. The second kappa shape index (κ2) is 4.70. The third-order valence-electron chi connectivity index (χ3n) is 3.35. The minimum Gasteiger partial charge on any atom is -0.383 e. The molecule has 0 aliphatic heterocycles. The van der Waals surface area contributed by atoms with Crippen LogP contribution in [0.2, 0.25) is 5.02 Å². The van der Waals surface area contributed by atoms with E-state index in [0.29, 0.717) is 10.8 Å². The fourth-order valence-corrected chi connectivity index (χ4v) is 2.46. The van der Waals surface area contributed by atoms with E-state index >= 15 is 0 Å². The monoisotopic (exact) mass is 302 g/mol. The highest BCUT2D eigenvalue weighted by Crippen LogP contribution is 2.29. The third-order valence-corrected chi connectivity index (χ3v) is 3.60. The van der Waals surface area contributed by atoms with E-state index < -0.39 is 0 Å². The van der Waals surface area contributed by atoms with Crippen LogP contribution < -0.4 is 10.4 Å². The fourth-order valence-electron chi connectivity index (χ4n) is 2.33. The van der Waals surface area contributed by atoms with Crippen LogP contribution in [-0.4, -0.2) is 15.1 Å². The SMILES string of the molecule is CC(C)(C)[n+]1[nH]c(-c2ccc(Cl)cc2)c2c(N)ncnc21. The topological polar surface area (TPSA) is 71.5 Å². The molecule has 6 heteroatoms. The number of aromatic nitrogens is 4. The van der Waals surface area contributed by atoms with Crippen molar-refractivity contribution < 1.29 is 4.68 Å². The molecule has 0 saturated heterocycles. The van der Waals surface area contributed by atoms with Crippen molar-refractivity contribution in [3.8, 4) is 11.3 Å².